The van der Waals surface area contributed by atoms with Gasteiger partial charge in [0.15, 0.2) is 0 Å². The molecule has 2 nitrogen and oxygen atoms in total. The van der Waals surface area contributed by atoms with E-state index < -0.39 is 0 Å². The number of nitrogens with zero attached hydrogens (tertiary/aromatic N) is 2. The Morgan fingerprint density at radius 1 is 0.323 bits per heavy atom. The molecule has 0 aliphatic heterocycles. The van der Waals surface area contributed by atoms with Crippen LogP contribution in [0.1, 0.15) is 49.9 Å². The predicted molar refractivity (Wildman–Crippen MR) is 261 cm³/mol. The first-order valence-corrected chi connectivity index (χ1v) is 21.8. The molecule has 12 rings (SSSR count). The third-order valence-corrected chi connectivity index (χ3v) is 14.0. The molecule has 2 heteroatoms. The Labute approximate surface area is 364 Å². The molecule has 0 spiro atoms. The van der Waals surface area contributed by atoms with Gasteiger partial charge in [-0.25, -0.2) is 0 Å². The van der Waals surface area contributed by atoms with E-state index in [2.05, 4.69) is 243 Å². The van der Waals surface area contributed by atoms with Crippen molar-refractivity contribution < 1.29 is 0 Å². The molecule has 62 heavy (non-hydrogen) atoms. The summed E-state index contributed by atoms with van der Waals surface area (Å²) in [5.41, 5.74) is 22.5. The lowest BCUT2D eigenvalue weighted by atomic mass is 9.81. The minimum absolute atomic E-state index is 0.0349. The molecule has 9 aromatic carbocycles. The first-order valence-electron chi connectivity index (χ1n) is 21.8. The van der Waals surface area contributed by atoms with Crippen LogP contribution >= 0.6 is 0 Å². The Kier molecular flexibility index (Phi) is 7.96. The number of hydrogen-bond acceptors (Lipinski definition) is 1. The Morgan fingerprint density at radius 2 is 0.823 bits per heavy atom. The molecule has 10 aromatic rings. The zero-order chi connectivity index (χ0) is 41.7. The van der Waals surface area contributed by atoms with E-state index in [4.69, 9.17) is 0 Å². The molecule has 0 bridgehead atoms. The summed E-state index contributed by atoms with van der Waals surface area (Å²) in [4.78, 5) is 2.40. The zero-order valence-corrected chi connectivity index (χ0v) is 35.5. The quantitative estimate of drug-likeness (QED) is 0.163. The fraction of sp³-hybridized carbons (Fsp3) is 0.100. The molecule has 0 saturated carbocycles. The average Bonchev–Trinajstić information content (AvgIpc) is 3.86. The van der Waals surface area contributed by atoms with Crippen LogP contribution < -0.4 is 4.90 Å². The molecular weight excluding hydrogens is 749 g/mol. The SMILES string of the molecule is CC1(C)c2ccccc2-c2ccc(-c3ccc(N(c4ccccc4)c4ccc5c(c4)C(C)(C)c4cc(-n6c7ccccc7c7cc(-c8ccccc8)ccc76)ccc4-5)cc3)cc21. The topological polar surface area (TPSA) is 8.17 Å². The summed E-state index contributed by atoms with van der Waals surface area (Å²) >= 11 is 0. The molecule has 0 radical (unpaired) electrons. The number of hydrogen-bond donors (Lipinski definition) is 0. The van der Waals surface area contributed by atoms with Crippen molar-refractivity contribution in [3.8, 4) is 50.2 Å². The van der Waals surface area contributed by atoms with Gasteiger partial charge in [-0.15, -0.1) is 0 Å². The van der Waals surface area contributed by atoms with Crippen LogP contribution in [0.5, 0.6) is 0 Å². The molecule has 0 amide bonds. The summed E-state index contributed by atoms with van der Waals surface area (Å²) < 4.78 is 2.45. The number of aromatic nitrogens is 1. The molecule has 296 valence electrons. The molecule has 0 saturated heterocycles. The van der Waals surface area contributed by atoms with Gasteiger partial charge in [-0.05, 0) is 140 Å². The molecule has 1 aromatic heterocycles. The van der Waals surface area contributed by atoms with Gasteiger partial charge in [-0.2, -0.15) is 0 Å². The van der Waals surface area contributed by atoms with Gasteiger partial charge in [0, 0.05) is 44.4 Å². The summed E-state index contributed by atoms with van der Waals surface area (Å²) in [5, 5.41) is 2.54. The maximum Gasteiger partial charge on any atom is 0.0541 e. The van der Waals surface area contributed by atoms with Gasteiger partial charge >= 0.3 is 0 Å². The second-order valence-electron chi connectivity index (χ2n) is 18.2. The molecule has 2 aliphatic carbocycles. The van der Waals surface area contributed by atoms with E-state index in [1.165, 1.54) is 94.3 Å². The van der Waals surface area contributed by atoms with Crippen LogP contribution in [0.2, 0.25) is 0 Å². The Balaban J connectivity index is 0.913. The van der Waals surface area contributed by atoms with E-state index in [0.717, 1.165) is 17.1 Å². The first kappa shape index (κ1) is 36.4. The predicted octanol–water partition coefficient (Wildman–Crippen LogP) is 16.2. The lowest BCUT2D eigenvalue weighted by molar-refractivity contribution is 0.660. The van der Waals surface area contributed by atoms with Crippen molar-refractivity contribution >= 4 is 38.9 Å². The minimum atomic E-state index is -0.219. The van der Waals surface area contributed by atoms with Crippen molar-refractivity contribution in [3.05, 3.63) is 229 Å². The second kappa shape index (κ2) is 13.5. The molecule has 1 heterocycles. The van der Waals surface area contributed by atoms with E-state index in [0.29, 0.717) is 0 Å². The summed E-state index contributed by atoms with van der Waals surface area (Å²) in [6.07, 6.45) is 0. The van der Waals surface area contributed by atoms with E-state index in [1.54, 1.807) is 0 Å². The van der Waals surface area contributed by atoms with E-state index in [-0.39, 0.29) is 10.8 Å². The monoisotopic (exact) mass is 794 g/mol. The summed E-state index contributed by atoms with van der Waals surface area (Å²) in [6, 6.07) is 76.4. The third kappa shape index (κ3) is 5.43. The third-order valence-electron chi connectivity index (χ3n) is 14.0. The van der Waals surface area contributed by atoms with Crippen LogP contribution in [0.4, 0.5) is 17.1 Å². The normalized spacial score (nSPS) is 14.1. The van der Waals surface area contributed by atoms with E-state index in [1.807, 2.05) is 0 Å². The Morgan fingerprint density at radius 3 is 1.61 bits per heavy atom. The van der Waals surface area contributed by atoms with Crippen molar-refractivity contribution in [2.75, 3.05) is 4.90 Å². The number of fused-ring (bicyclic) bond motifs is 9. The summed E-state index contributed by atoms with van der Waals surface area (Å²) in [7, 11) is 0. The van der Waals surface area contributed by atoms with Crippen molar-refractivity contribution in [1.29, 1.82) is 0 Å². The average molecular weight is 795 g/mol. The molecule has 0 fully saturated rings. The maximum atomic E-state index is 2.45. The highest BCUT2D eigenvalue weighted by Crippen LogP contribution is 2.53. The fourth-order valence-corrected chi connectivity index (χ4v) is 10.8. The van der Waals surface area contributed by atoms with Gasteiger partial charge in [-0.1, -0.05) is 161 Å². The van der Waals surface area contributed by atoms with Gasteiger partial charge in [0.1, 0.15) is 0 Å². The smallest absolute Gasteiger partial charge is 0.0541 e. The van der Waals surface area contributed by atoms with Crippen LogP contribution in [0.15, 0.2) is 206 Å². The summed E-state index contributed by atoms with van der Waals surface area (Å²) in [5.74, 6) is 0. The van der Waals surface area contributed by atoms with Gasteiger partial charge < -0.3 is 9.47 Å². The number of para-hydroxylation sites is 2. The van der Waals surface area contributed by atoms with E-state index >= 15 is 0 Å². The molecule has 2 aliphatic rings. The van der Waals surface area contributed by atoms with Crippen LogP contribution in [-0.4, -0.2) is 4.57 Å². The summed E-state index contributed by atoms with van der Waals surface area (Å²) in [6.45, 7) is 9.48. The van der Waals surface area contributed by atoms with Crippen LogP contribution in [-0.2, 0) is 10.8 Å². The maximum absolute atomic E-state index is 2.45. The largest absolute Gasteiger partial charge is 0.310 e. The van der Waals surface area contributed by atoms with Crippen molar-refractivity contribution in [3.63, 3.8) is 0 Å². The lowest BCUT2D eigenvalue weighted by Gasteiger charge is -2.28. The van der Waals surface area contributed by atoms with Gasteiger partial charge in [0.25, 0.3) is 0 Å². The lowest BCUT2D eigenvalue weighted by Crippen LogP contribution is -2.17. The highest BCUT2D eigenvalue weighted by atomic mass is 15.1. The fourth-order valence-electron chi connectivity index (χ4n) is 10.8. The van der Waals surface area contributed by atoms with Crippen LogP contribution in [0, 0.1) is 0 Å². The second-order valence-corrected chi connectivity index (χ2v) is 18.2. The van der Waals surface area contributed by atoms with Crippen molar-refractivity contribution in [1.82, 2.24) is 4.57 Å². The van der Waals surface area contributed by atoms with Crippen molar-refractivity contribution in [2.45, 2.75) is 38.5 Å². The Bertz CT molecular complexity index is 3390. The van der Waals surface area contributed by atoms with Crippen molar-refractivity contribution in [2.24, 2.45) is 0 Å². The number of rotatable bonds is 6. The highest BCUT2D eigenvalue weighted by molar-refractivity contribution is 6.10. The molecule has 0 unspecified atom stereocenters. The van der Waals surface area contributed by atoms with Crippen LogP contribution in [0.25, 0.3) is 72.0 Å². The van der Waals surface area contributed by atoms with Crippen LogP contribution in [0.3, 0.4) is 0 Å². The standard InChI is InChI=1S/C60H46N2/c1-59(2)53-21-13-11-19-47(53)48-31-25-42(36-54(48)59)40-23-27-44(28-24-40)61(43-17-9-6-10-18-43)45-29-32-49-50-33-30-46(38-56(50)60(3,4)55(49)37-45)62-57-22-14-12-20-51(57)52-35-41(26-34-58(52)62)39-15-7-5-8-16-39/h5-38H,1-4H3. The van der Waals surface area contributed by atoms with Gasteiger partial charge in [0.05, 0.1) is 11.0 Å². The highest BCUT2D eigenvalue weighted by Gasteiger charge is 2.37. The number of anilines is 3. The zero-order valence-electron chi connectivity index (χ0n) is 35.5. The van der Waals surface area contributed by atoms with Gasteiger partial charge in [-0.3, -0.25) is 0 Å². The number of benzene rings is 9. The molecular formula is C60H46N2. The first-order chi connectivity index (χ1) is 30.3. The molecule has 0 N–H and O–H groups in total. The van der Waals surface area contributed by atoms with E-state index in [9.17, 15) is 0 Å². The Hall–Kier alpha value is -7.42. The molecule has 0 atom stereocenters. The van der Waals surface area contributed by atoms with Gasteiger partial charge in [0.2, 0.25) is 0 Å². The minimum Gasteiger partial charge on any atom is -0.310 e.